The molecule has 1 aromatic heterocycles. The van der Waals surface area contributed by atoms with Gasteiger partial charge >= 0.3 is 0 Å². The molecule has 0 aliphatic carbocycles. The minimum atomic E-state index is 0. The summed E-state index contributed by atoms with van der Waals surface area (Å²) in [4.78, 5) is 14.3. The average Bonchev–Trinajstić information content (AvgIpc) is 3.52. The maximum absolute atomic E-state index is 4.75. The summed E-state index contributed by atoms with van der Waals surface area (Å²) in [6.07, 6.45) is 7.18. The molecule has 2 aromatic rings. The van der Waals surface area contributed by atoms with E-state index in [4.69, 9.17) is 4.99 Å². The number of nitrogens with zero attached hydrogens (tertiary/aromatic N) is 4. The number of halogens is 1. The second-order valence-electron chi connectivity index (χ2n) is 8.57. The molecule has 0 unspecified atom stereocenters. The van der Waals surface area contributed by atoms with Crippen molar-refractivity contribution >= 4 is 35.8 Å². The zero-order chi connectivity index (χ0) is 21.3. The summed E-state index contributed by atoms with van der Waals surface area (Å²) in [7, 11) is 0. The van der Waals surface area contributed by atoms with Gasteiger partial charge in [-0.3, -0.25) is 4.90 Å². The first kappa shape index (κ1) is 24.8. The minimum absolute atomic E-state index is 0. The zero-order valence-electron chi connectivity index (χ0n) is 19.2. The molecule has 2 N–H and O–H groups in total. The molecular weight excluding hydrogens is 511 g/mol. The smallest absolute Gasteiger partial charge is 0.191 e. The number of benzene rings is 1. The summed E-state index contributed by atoms with van der Waals surface area (Å²) < 4.78 is 0. The number of hydrogen-bond donors (Lipinski definition) is 2. The molecule has 4 rings (SSSR count). The molecule has 0 spiro atoms. The lowest BCUT2D eigenvalue weighted by Crippen LogP contribution is -2.36. The van der Waals surface area contributed by atoms with Gasteiger partial charge in [-0.1, -0.05) is 30.3 Å². The molecule has 0 radical (unpaired) electrons. The molecule has 7 heteroatoms. The van der Waals surface area contributed by atoms with Crippen LogP contribution in [0.15, 0.2) is 47.6 Å². The van der Waals surface area contributed by atoms with Crippen molar-refractivity contribution in [3.8, 4) is 0 Å². The fourth-order valence-corrected chi connectivity index (χ4v) is 4.30. The highest BCUT2D eigenvalue weighted by atomic mass is 127. The fraction of sp³-hybridized carbons (Fsp3) is 0.520. The van der Waals surface area contributed by atoms with Crippen LogP contribution in [-0.2, 0) is 19.6 Å². The largest absolute Gasteiger partial charge is 0.357 e. The Hall–Kier alpha value is -1.87. The van der Waals surface area contributed by atoms with Crippen molar-refractivity contribution in [1.29, 1.82) is 0 Å². The molecule has 0 saturated carbocycles. The van der Waals surface area contributed by atoms with Crippen LogP contribution < -0.4 is 15.5 Å². The van der Waals surface area contributed by atoms with Gasteiger partial charge in [-0.15, -0.1) is 24.0 Å². The number of guanidine groups is 1. The van der Waals surface area contributed by atoms with E-state index in [1.54, 1.807) is 0 Å². The van der Waals surface area contributed by atoms with Crippen molar-refractivity contribution in [3.63, 3.8) is 0 Å². The molecule has 1 aromatic carbocycles. The molecule has 0 atom stereocenters. The molecule has 2 aliphatic heterocycles. The Bertz CT molecular complexity index is 825. The van der Waals surface area contributed by atoms with E-state index >= 15 is 0 Å². The predicted octanol–water partition coefficient (Wildman–Crippen LogP) is 4.15. The predicted molar refractivity (Wildman–Crippen MR) is 144 cm³/mol. The first-order valence-electron chi connectivity index (χ1n) is 11.8. The van der Waals surface area contributed by atoms with Crippen molar-refractivity contribution in [2.45, 2.75) is 52.2 Å². The van der Waals surface area contributed by atoms with Gasteiger partial charge in [-0.25, -0.2) is 9.98 Å². The summed E-state index contributed by atoms with van der Waals surface area (Å²) in [6, 6.07) is 13.2. The van der Waals surface area contributed by atoms with E-state index in [0.29, 0.717) is 6.54 Å². The summed E-state index contributed by atoms with van der Waals surface area (Å²) in [5.74, 6) is 1.93. The van der Waals surface area contributed by atoms with E-state index in [-0.39, 0.29) is 24.0 Å². The van der Waals surface area contributed by atoms with Gasteiger partial charge in [-0.05, 0) is 68.5 Å². The molecule has 2 aliphatic rings. The molecule has 174 valence electrons. The Kier molecular flexibility index (Phi) is 10.1. The van der Waals surface area contributed by atoms with Crippen LogP contribution in [0.25, 0.3) is 0 Å². The lowest BCUT2D eigenvalue weighted by atomic mass is 10.1. The van der Waals surface area contributed by atoms with Gasteiger partial charge in [0.05, 0.1) is 6.54 Å². The van der Waals surface area contributed by atoms with E-state index in [0.717, 1.165) is 50.1 Å². The van der Waals surface area contributed by atoms with Gasteiger partial charge in [0.15, 0.2) is 5.96 Å². The monoisotopic (exact) mass is 548 g/mol. The number of hydrogen-bond acceptors (Lipinski definition) is 4. The summed E-state index contributed by atoms with van der Waals surface area (Å²) in [6.45, 7) is 10.1. The number of likely N-dealkylation sites (tertiary alicyclic amines) is 1. The lowest BCUT2D eigenvalue weighted by molar-refractivity contribution is 0.331. The Balaban J connectivity index is 0.00000289. The molecule has 2 saturated heterocycles. The molecule has 2 fully saturated rings. The summed E-state index contributed by atoms with van der Waals surface area (Å²) >= 11 is 0. The van der Waals surface area contributed by atoms with Gasteiger partial charge in [0.1, 0.15) is 5.82 Å². The Labute approximate surface area is 209 Å². The maximum atomic E-state index is 4.75. The fourth-order valence-electron chi connectivity index (χ4n) is 4.30. The van der Waals surface area contributed by atoms with Crippen LogP contribution in [0.3, 0.4) is 0 Å². The lowest BCUT2D eigenvalue weighted by Gasteiger charge is -2.16. The van der Waals surface area contributed by atoms with E-state index in [1.165, 1.54) is 49.9 Å². The van der Waals surface area contributed by atoms with Crippen molar-refractivity contribution in [1.82, 2.24) is 20.5 Å². The topological polar surface area (TPSA) is 55.8 Å². The molecule has 0 amide bonds. The summed E-state index contributed by atoms with van der Waals surface area (Å²) in [5.41, 5.74) is 3.80. The Morgan fingerprint density at radius 3 is 2.19 bits per heavy atom. The van der Waals surface area contributed by atoms with Crippen molar-refractivity contribution in [2.75, 3.05) is 37.6 Å². The van der Waals surface area contributed by atoms with E-state index in [9.17, 15) is 0 Å². The first-order chi connectivity index (χ1) is 15.3. The molecule has 3 heterocycles. The third-order valence-corrected chi connectivity index (χ3v) is 6.09. The van der Waals surface area contributed by atoms with Gasteiger partial charge in [0.25, 0.3) is 0 Å². The van der Waals surface area contributed by atoms with Crippen LogP contribution in [0, 0.1) is 0 Å². The van der Waals surface area contributed by atoms with Crippen LogP contribution in [-0.4, -0.2) is 48.6 Å². The standard InChI is InChI=1S/C25H36N6.HI/c1-2-26-25(29-19-23-11-12-24(27-18-23)31-15-5-6-16-31)28-17-21-7-9-22(10-8-21)20-30-13-3-4-14-30;/h7-12,18H,2-6,13-17,19-20H2,1H3,(H2,26,28,29);1H. The zero-order valence-corrected chi connectivity index (χ0v) is 21.6. The molecule has 0 bridgehead atoms. The summed E-state index contributed by atoms with van der Waals surface area (Å²) in [5, 5.41) is 6.80. The Morgan fingerprint density at radius 2 is 1.53 bits per heavy atom. The minimum Gasteiger partial charge on any atom is -0.357 e. The van der Waals surface area contributed by atoms with Crippen LogP contribution in [0.5, 0.6) is 0 Å². The normalized spacial score (nSPS) is 16.8. The number of aromatic nitrogens is 1. The van der Waals surface area contributed by atoms with Gasteiger partial charge in [0.2, 0.25) is 0 Å². The highest BCUT2D eigenvalue weighted by Crippen LogP contribution is 2.18. The van der Waals surface area contributed by atoms with Crippen LogP contribution in [0.2, 0.25) is 0 Å². The molecule has 6 nitrogen and oxygen atoms in total. The highest BCUT2D eigenvalue weighted by molar-refractivity contribution is 14.0. The van der Waals surface area contributed by atoms with E-state index in [1.807, 2.05) is 6.20 Å². The van der Waals surface area contributed by atoms with Gasteiger partial charge in [0, 0.05) is 38.9 Å². The van der Waals surface area contributed by atoms with Crippen LogP contribution in [0.4, 0.5) is 5.82 Å². The van der Waals surface area contributed by atoms with E-state index < -0.39 is 0 Å². The second kappa shape index (κ2) is 13.0. The van der Waals surface area contributed by atoms with Crippen LogP contribution >= 0.6 is 24.0 Å². The number of anilines is 1. The quantitative estimate of drug-likeness (QED) is 0.295. The number of rotatable bonds is 8. The van der Waals surface area contributed by atoms with Gasteiger partial charge in [-0.2, -0.15) is 0 Å². The second-order valence-corrected chi connectivity index (χ2v) is 8.57. The third-order valence-electron chi connectivity index (χ3n) is 6.09. The highest BCUT2D eigenvalue weighted by Gasteiger charge is 2.13. The van der Waals surface area contributed by atoms with Gasteiger partial charge < -0.3 is 15.5 Å². The first-order valence-corrected chi connectivity index (χ1v) is 11.8. The average molecular weight is 549 g/mol. The maximum Gasteiger partial charge on any atom is 0.191 e. The van der Waals surface area contributed by atoms with Crippen LogP contribution in [0.1, 0.15) is 49.3 Å². The number of aliphatic imine (C=N–C) groups is 1. The number of nitrogens with one attached hydrogen (secondary N) is 2. The van der Waals surface area contributed by atoms with Crippen molar-refractivity contribution in [3.05, 3.63) is 59.3 Å². The van der Waals surface area contributed by atoms with E-state index in [2.05, 4.69) is 68.7 Å². The third kappa shape index (κ3) is 7.33. The Morgan fingerprint density at radius 1 is 0.875 bits per heavy atom. The van der Waals surface area contributed by atoms with Crippen molar-refractivity contribution in [2.24, 2.45) is 4.99 Å². The van der Waals surface area contributed by atoms with Crippen molar-refractivity contribution < 1.29 is 0 Å². The molecule has 32 heavy (non-hydrogen) atoms. The molecular formula is C25H37IN6. The SMILES string of the molecule is CCNC(=NCc1ccc(N2CCCC2)nc1)NCc1ccc(CN2CCCC2)cc1.I. The number of pyridine rings is 1.